The van der Waals surface area contributed by atoms with Crippen LogP contribution in [0, 0.1) is 0 Å². The average Bonchev–Trinajstić information content (AvgIpc) is 2.70. The van der Waals surface area contributed by atoms with E-state index in [4.69, 9.17) is 14.7 Å². The van der Waals surface area contributed by atoms with Crippen molar-refractivity contribution in [2.75, 3.05) is 13.4 Å². The Labute approximate surface area is 112 Å². The summed E-state index contributed by atoms with van der Waals surface area (Å²) in [5.74, 6) is 0. The van der Waals surface area contributed by atoms with Gasteiger partial charge in [-0.1, -0.05) is 24.8 Å². The van der Waals surface area contributed by atoms with E-state index in [-0.39, 0.29) is 0 Å². The van der Waals surface area contributed by atoms with E-state index in [1.807, 2.05) is 5.38 Å². The second kappa shape index (κ2) is 7.62. The lowest BCUT2D eigenvalue weighted by Crippen LogP contribution is -2.22. The summed E-state index contributed by atoms with van der Waals surface area (Å²) in [6.45, 7) is 8.42. The molecular weight excluding hydrogens is 268 g/mol. The molecule has 7 heteroatoms. The first kappa shape index (κ1) is 15.3. The van der Waals surface area contributed by atoms with E-state index < -0.39 is 8.07 Å². The first-order valence-electron chi connectivity index (χ1n) is 5.78. The maximum Gasteiger partial charge on any atom is 0.147 e. The zero-order chi connectivity index (χ0) is 13.4. The molecule has 0 saturated heterocycles. The third kappa shape index (κ3) is 6.85. The van der Waals surface area contributed by atoms with E-state index in [0.717, 1.165) is 18.3 Å². The maximum absolute atomic E-state index is 8.36. The van der Waals surface area contributed by atoms with Gasteiger partial charge in [0.2, 0.25) is 0 Å². The minimum atomic E-state index is -1.02. The number of nitrogens with zero attached hydrogens (tertiary/aromatic N) is 2. The molecule has 0 aromatic carbocycles. The Morgan fingerprint density at radius 1 is 1.44 bits per heavy atom. The maximum atomic E-state index is 8.36. The first-order chi connectivity index (χ1) is 8.51. The van der Waals surface area contributed by atoms with Crippen LogP contribution in [0.3, 0.4) is 0 Å². The van der Waals surface area contributed by atoms with Crippen molar-refractivity contribution in [1.29, 1.82) is 0 Å². The van der Waals surface area contributed by atoms with Crippen LogP contribution in [0.25, 0.3) is 0 Å². The van der Waals surface area contributed by atoms with Gasteiger partial charge in [0.05, 0.1) is 12.3 Å². The quantitative estimate of drug-likeness (QED) is 0.199. The smallest absolute Gasteiger partial charge is 0.147 e. The molecule has 5 nitrogen and oxygen atoms in total. The number of hydrogen-bond acceptors (Lipinski definition) is 6. The summed E-state index contributed by atoms with van der Waals surface area (Å²) in [5.41, 5.74) is 0.823. The van der Waals surface area contributed by atoms with Crippen LogP contribution in [0.2, 0.25) is 25.7 Å². The fraction of sp³-hybridized carbons (Fsp3) is 0.636. The average molecular weight is 288 g/mol. The zero-order valence-electron chi connectivity index (χ0n) is 11.0. The first-order valence-corrected chi connectivity index (χ1v) is 10.4. The molecule has 1 aromatic rings. The molecule has 1 rings (SSSR count). The molecule has 1 aromatic heterocycles. The molecule has 0 amide bonds. The van der Waals surface area contributed by atoms with Crippen LogP contribution in [0.1, 0.15) is 10.7 Å². The topological polar surface area (TPSA) is 63.9 Å². The van der Waals surface area contributed by atoms with Crippen molar-refractivity contribution in [3.63, 3.8) is 0 Å². The second-order valence-electron chi connectivity index (χ2n) is 5.11. The van der Waals surface area contributed by atoms with E-state index >= 15 is 0 Å². The van der Waals surface area contributed by atoms with Gasteiger partial charge in [-0.3, -0.25) is 0 Å². The summed E-state index contributed by atoms with van der Waals surface area (Å²) in [6.07, 6.45) is 1.30. The molecule has 0 unspecified atom stereocenters. The van der Waals surface area contributed by atoms with Crippen LogP contribution in [0.5, 0.6) is 0 Å². The molecule has 0 aliphatic rings. The Bertz CT molecular complexity index is 377. The monoisotopic (exact) mass is 288 g/mol. The van der Waals surface area contributed by atoms with Crippen molar-refractivity contribution in [3.8, 4) is 0 Å². The van der Waals surface area contributed by atoms with E-state index in [9.17, 15) is 0 Å². The molecule has 102 valence electrons. The van der Waals surface area contributed by atoms with Gasteiger partial charge >= 0.3 is 0 Å². The summed E-state index contributed by atoms with van der Waals surface area (Å²) < 4.78 is 10.8. The van der Waals surface area contributed by atoms with Crippen LogP contribution in [0.4, 0.5) is 0 Å². The fourth-order valence-corrected chi connectivity index (χ4v) is 2.55. The summed E-state index contributed by atoms with van der Waals surface area (Å²) in [5, 5.41) is 13.8. The van der Waals surface area contributed by atoms with E-state index in [1.54, 1.807) is 0 Å². The van der Waals surface area contributed by atoms with Gasteiger partial charge in [0, 0.05) is 20.1 Å². The number of hydrogen-bond donors (Lipinski definition) is 1. The van der Waals surface area contributed by atoms with Gasteiger partial charge in [-0.05, 0) is 6.04 Å². The lowest BCUT2D eigenvalue weighted by Gasteiger charge is -2.15. The minimum absolute atomic E-state index is 0.297. The summed E-state index contributed by atoms with van der Waals surface area (Å²) in [6, 6.07) is 1.14. The Morgan fingerprint density at radius 2 is 2.22 bits per heavy atom. The Hall–Kier alpha value is -0.763. The number of aromatic nitrogens is 1. The zero-order valence-corrected chi connectivity index (χ0v) is 12.9. The van der Waals surface area contributed by atoms with Gasteiger partial charge in [0.1, 0.15) is 18.0 Å². The van der Waals surface area contributed by atoms with Crippen LogP contribution in [-0.2, 0) is 16.1 Å². The molecule has 18 heavy (non-hydrogen) atoms. The Morgan fingerprint density at radius 3 is 2.89 bits per heavy atom. The third-order valence-electron chi connectivity index (χ3n) is 2.15. The number of thiazole rings is 1. The molecule has 1 heterocycles. The number of ether oxygens (including phenoxy) is 2. The molecule has 0 bridgehead atoms. The minimum Gasteiger partial charge on any atom is -0.411 e. The molecule has 1 N–H and O–H groups in total. The van der Waals surface area contributed by atoms with Crippen LogP contribution in [0.15, 0.2) is 10.5 Å². The Balaban J connectivity index is 2.10. The largest absolute Gasteiger partial charge is 0.411 e. The highest BCUT2D eigenvalue weighted by molar-refractivity contribution is 7.11. The predicted molar refractivity (Wildman–Crippen MR) is 75.3 cm³/mol. The Kier molecular flexibility index (Phi) is 6.48. The fourth-order valence-electron chi connectivity index (χ4n) is 1.14. The lowest BCUT2D eigenvalue weighted by atomic mass is 10.5. The highest BCUT2D eigenvalue weighted by atomic mass is 32.1. The third-order valence-corrected chi connectivity index (χ3v) is 4.68. The standard InChI is InChI=1S/C11H20N2O3SSi/c1-18(2,3)5-4-15-9-16-7-10-8-17-11(13-10)6-12-14/h6,8,14H,4-5,7,9H2,1-3H3. The van der Waals surface area contributed by atoms with Crippen molar-refractivity contribution < 1.29 is 14.7 Å². The molecule has 0 spiro atoms. The molecule has 0 aliphatic heterocycles. The van der Waals surface area contributed by atoms with Gasteiger partial charge in [-0.15, -0.1) is 11.3 Å². The van der Waals surface area contributed by atoms with E-state index in [2.05, 4.69) is 29.8 Å². The molecule has 0 saturated carbocycles. The van der Waals surface area contributed by atoms with Gasteiger partial charge in [0.15, 0.2) is 0 Å². The summed E-state index contributed by atoms with van der Waals surface area (Å²) in [7, 11) is -1.02. The van der Waals surface area contributed by atoms with Gasteiger partial charge < -0.3 is 14.7 Å². The molecule has 0 radical (unpaired) electrons. The highest BCUT2D eigenvalue weighted by Gasteiger charge is 2.11. The van der Waals surface area contributed by atoms with E-state index in [1.165, 1.54) is 17.6 Å². The molecule has 0 aliphatic carbocycles. The van der Waals surface area contributed by atoms with E-state index in [0.29, 0.717) is 18.4 Å². The summed E-state index contributed by atoms with van der Waals surface area (Å²) >= 11 is 1.41. The van der Waals surface area contributed by atoms with Gasteiger partial charge in [0.25, 0.3) is 0 Å². The highest BCUT2D eigenvalue weighted by Crippen LogP contribution is 2.09. The number of rotatable bonds is 8. The number of oxime groups is 1. The molecular formula is C11H20N2O3SSi. The summed E-state index contributed by atoms with van der Waals surface area (Å²) in [4.78, 5) is 4.19. The van der Waals surface area contributed by atoms with Crippen LogP contribution >= 0.6 is 11.3 Å². The van der Waals surface area contributed by atoms with Crippen molar-refractivity contribution >= 4 is 25.6 Å². The molecule has 0 fully saturated rings. The van der Waals surface area contributed by atoms with Crippen LogP contribution < -0.4 is 0 Å². The normalized spacial score (nSPS) is 12.4. The van der Waals surface area contributed by atoms with Crippen molar-refractivity contribution in [2.24, 2.45) is 5.16 Å². The predicted octanol–water partition coefficient (Wildman–Crippen LogP) is 2.78. The van der Waals surface area contributed by atoms with Crippen LogP contribution in [-0.4, -0.2) is 37.9 Å². The van der Waals surface area contributed by atoms with Gasteiger partial charge in [-0.25, -0.2) is 4.98 Å². The SMILES string of the molecule is C[Si](C)(C)CCOCOCc1csc(C=NO)n1. The van der Waals surface area contributed by atoms with Crippen molar-refractivity contribution in [2.45, 2.75) is 32.3 Å². The van der Waals surface area contributed by atoms with Gasteiger partial charge in [-0.2, -0.15) is 0 Å². The molecule has 0 atom stereocenters. The second-order valence-corrected chi connectivity index (χ2v) is 11.6. The lowest BCUT2D eigenvalue weighted by molar-refractivity contribution is -0.0581. The van der Waals surface area contributed by atoms with Crippen molar-refractivity contribution in [3.05, 3.63) is 16.1 Å². The van der Waals surface area contributed by atoms with Crippen molar-refractivity contribution in [1.82, 2.24) is 4.98 Å².